The molecule has 2 aliphatic heterocycles. The Hall–Kier alpha value is -3.15. The summed E-state index contributed by atoms with van der Waals surface area (Å²) in [6.45, 7) is 0.609. The van der Waals surface area contributed by atoms with E-state index in [9.17, 15) is 4.79 Å². The zero-order valence-corrected chi connectivity index (χ0v) is 12.7. The van der Waals surface area contributed by atoms with E-state index in [4.69, 9.17) is 23.7 Å². The van der Waals surface area contributed by atoms with Crippen molar-refractivity contribution in [2.24, 2.45) is 0 Å². The third-order valence-electron chi connectivity index (χ3n) is 3.63. The summed E-state index contributed by atoms with van der Waals surface area (Å²) in [5.74, 6) is 2.32. The maximum atomic E-state index is 11.8. The molecule has 0 aromatic heterocycles. The summed E-state index contributed by atoms with van der Waals surface area (Å²) in [5.41, 5.74) is 1.67. The van der Waals surface area contributed by atoms with Gasteiger partial charge in [-0.3, -0.25) is 0 Å². The third kappa shape index (κ3) is 2.99. The number of fused-ring (bicyclic) bond motifs is 2. The molecule has 6 nitrogen and oxygen atoms in total. The first kappa shape index (κ1) is 14.4. The quantitative estimate of drug-likeness (QED) is 0.636. The molecular formula is C18H14O6. The Kier molecular flexibility index (Phi) is 3.70. The van der Waals surface area contributed by atoms with Crippen LogP contribution in [0.25, 0.3) is 6.08 Å². The number of carbonyl (C=O) groups excluding carboxylic acids is 1. The highest BCUT2D eigenvalue weighted by Crippen LogP contribution is 2.33. The van der Waals surface area contributed by atoms with Crippen LogP contribution in [0.4, 0.5) is 0 Å². The van der Waals surface area contributed by atoms with E-state index in [1.165, 1.54) is 6.08 Å². The van der Waals surface area contributed by atoms with Crippen molar-refractivity contribution < 1.29 is 28.5 Å². The third-order valence-corrected chi connectivity index (χ3v) is 3.63. The van der Waals surface area contributed by atoms with Gasteiger partial charge in [-0.15, -0.1) is 0 Å². The van der Waals surface area contributed by atoms with Crippen LogP contribution in [0.3, 0.4) is 0 Å². The van der Waals surface area contributed by atoms with Crippen LogP contribution in [0.5, 0.6) is 23.0 Å². The molecule has 2 aromatic rings. The Morgan fingerprint density at radius 3 is 2.38 bits per heavy atom. The summed E-state index contributed by atoms with van der Waals surface area (Å²) >= 11 is 0. The van der Waals surface area contributed by atoms with E-state index >= 15 is 0 Å². The lowest BCUT2D eigenvalue weighted by Gasteiger charge is -2.03. The zero-order valence-electron chi connectivity index (χ0n) is 12.7. The van der Waals surface area contributed by atoms with E-state index in [1.807, 2.05) is 18.2 Å². The van der Waals surface area contributed by atoms with Crippen molar-refractivity contribution in [3.8, 4) is 23.0 Å². The number of hydrogen-bond donors (Lipinski definition) is 0. The summed E-state index contributed by atoms with van der Waals surface area (Å²) in [6, 6.07) is 10.9. The van der Waals surface area contributed by atoms with Gasteiger partial charge in [0.05, 0.1) is 0 Å². The van der Waals surface area contributed by atoms with Crippen LogP contribution in [-0.2, 0) is 16.1 Å². The standard InChI is InChI=1S/C18H14O6/c19-18(6-3-12-1-4-14-16(7-12)23-10-21-14)20-9-13-2-5-15-17(8-13)24-11-22-15/h1-8H,9-11H2/b6-3+. The molecule has 0 atom stereocenters. The van der Waals surface area contributed by atoms with Gasteiger partial charge in [-0.2, -0.15) is 0 Å². The van der Waals surface area contributed by atoms with Crippen LogP contribution in [0.15, 0.2) is 42.5 Å². The number of hydrogen-bond acceptors (Lipinski definition) is 6. The zero-order chi connectivity index (χ0) is 16.4. The number of carbonyl (C=O) groups is 1. The van der Waals surface area contributed by atoms with Crippen LogP contribution in [-0.4, -0.2) is 19.6 Å². The van der Waals surface area contributed by atoms with E-state index in [0.29, 0.717) is 23.0 Å². The molecule has 0 N–H and O–H groups in total. The van der Waals surface area contributed by atoms with Crippen LogP contribution in [0.2, 0.25) is 0 Å². The molecule has 4 rings (SSSR count). The highest BCUT2D eigenvalue weighted by atomic mass is 16.7. The van der Waals surface area contributed by atoms with Crippen LogP contribution in [0, 0.1) is 0 Å². The predicted molar refractivity (Wildman–Crippen MR) is 84.0 cm³/mol. The van der Waals surface area contributed by atoms with Crippen molar-refractivity contribution in [2.45, 2.75) is 6.61 Å². The van der Waals surface area contributed by atoms with Crippen molar-refractivity contribution in [1.82, 2.24) is 0 Å². The SMILES string of the molecule is O=C(/C=C/c1ccc2c(c1)OCO2)OCc1ccc2c(c1)OCO2. The van der Waals surface area contributed by atoms with Gasteiger partial charge < -0.3 is 23.7 Å². The normalized spacial score (nSPS) is 14.2. The molecule has 0 aliphatic carbocycles. The minimum absolute atomic E-state index is 0.168. The molecule has 6 heteroatoms. The fourth-order valence-electron chi connectivity index (χ4n) is 2.41. The summed E-state index contributed by atoms with van der Waals surface area (Å²) in [6.07, 6.45) is 3.05. The predicted octanol–water partition coefficient (Wildman–Crippen LogP) is 2.90. The van der Waals surface area contributed by atoms with Gasteiger partial charge >= 0.3 is 5.97 Å². The molecule has 0 unspecified atom stereocenters. The Labute approximate surface area is 138 Å². The molecule has 0 radical (unpaired) electrons. The first-order chi connectivity index (χ1) is 11.8. The monoisotopic (exact) mass is 326 g/mol. The molecule has 0 saturated heterocycles. The molecule has 0 amide bonds. The first-order valence-corrected chi connectivity index (χ1v) is 7.41. The van der Waals surface area contributed by atoms with Gasteiger partial charge in [0.25, 0.3) is 0 Å². The lowest BCUT2D eigenvalue weighted by molar-refractivity contribution is -0.138. The van der Waals surface area contributed by atoms with Crippen molar-refractivity contribution in [3.05, 3.63) is 53.6 Å². The summed E-state index contributed by atoms with van der Waals surface area (Å²) in [7, 11) is 0. The minimum atomic E-state index is -0.426. The van der Waals surface area contributed by atoms with Crippen molar-refractivity contribution in [1.29, 1.82) is 0 Å². The Morgan fingerprint density at radius 2 is 1.58 bits per heavy atom. The van der Waals surface area contributed by atoms with Gasteiger partial charge in [0.15, 0.2) is 23.0 Å². The van der Waals surface area contributed by atoms with Crippen molar-refractivity contribution >= 4 is 12.0 Å². The van der Waals surface area contributed by atoms with Crippen molar-refractivity contribution in [2.75, 3.05) is 13.6 Å². The molecular weight excluding hydrogens is 312 g/mol. The first-order valence-electron chi connectivity index (χ1n) is 7.41. The summed E-state index contributed by atoms with van der Waals surface area (Å²) in [4.78, 5) is 11.8. The molecule has 0 bridgehead atoms. The lowest BCUT2D eigenvalue weighted by atomic mass is 10.2. The van der Waals surface area contributed by atoms with Gasteiger partial charge in [0.2, 0.25) is 13.6 Å². The summed E-state index contributed by atoms with van der Waals surface area (Å²) in [5, 5.41) is 0. The van der Waals surface area contributed by atoms with Gasteiger partial charge in [0, 0.05) is 6.08 Å². The highest BCUT2D eigenvalue weighted by Gasteiger charge is 2.14. The molecule has 2 heterocycles. The molecule has 0 fully saturated rings. The van der Waals surface area contributed by atoms with Crippen LogP contribution >= 0.6 is 0 Å². The second kappa shape index (κ2) is 6.16. The largest absolute Gasteiger partial charge is 0.458 e. The van der Waals surface area contributed by atoms with Gasteiger partial charge in [-0.1, -0.05) is 12.1 Å². The second-order valence-electron chi connectivity index (χ2n) is 5.24. The Balaban J connectivity index is 1.35. The van der Waals surface area contributed by atoms with E-state index in [2.05, 4.69) is 0 Å². The smallest absolute Gasteiger partial charge is 0.331 e. The minimum Gasteiger partial charge on any atom is -0.458 e. The molecule has 0 saturated carbocycles. The van der Waals surface area contributed by atoms with E-state index < -0.39 is 5.97 Å². The number of benzene rings is 2. The summed E-state index contributed by atoms with van der Waals surface area (Å²) < 4.78 is 26.3. The number of esters is 1. The van der Waals surface area contributed by atoms with Crippen LogP contribution < -0.4 is 18.9 Å². The van der Waals surface area contributed by atoms with E-state index in [1.54, 1.807) is 24.3 Å². The molecule has 122 valence electrons. The Bertz CT molecular complexity index is 811. The fourth-order valence-corrected chi connectivity index (χ4v) is 2.41. The average molecular weight is 326 g/mol. The molecule has 0 spiro atoms. The maximum absolute atomic E-state index is 11.8. The maximum Gasteiger partial charge on any atom is 0.331 e. The van der Waals surface area contributed by atoms with Crippen molar-refractivity contribution in [3.63, 3.8) is 0 Å². The van der Waals surface area contributed by atoms with Gasteiger partial charge in [-0.25, -0.2) is 4.79 Å². The van der Waals surface area contributed by atoms with Gasteiger partial charge in [0.1, 0.15) is 6.61 Å². The molecule has 24 heavy (non-hydrogen) atoms. The lowest BCUT2D eigenvalue weighted by Crippen LogP contribution is -2.00. The second-order valence-corrected chi connectivity index (χ2v) is 5.24. The topological polar surface area (TPSA) is 63.2 Å². The van der Waals surface area contributed by atoms with Gasteiger partial charge in [-0.05, 0) is 41.5 Å². The van der Waals surface area contributed by atoms with E-state index in [-0.39, 0.29) is 20.2 Å². The number of rotatable bonds is 4. The highest BCUT2D eigenvalue weighted by molar-refractivity contribution is 5.87. The molecule has 2 aromatic carbocycles. The molecule has 2 aliphatic rings. The fraction of sp³-hybridized carbons (Fsp3) is 0.167. The number of ether oxygens (including phenoxy) is 5. The Morgan fingerprint density at radius 1 is 0.917 bits per heavy atom. The van der Waals surface area contributed by atoms with Crippen LogP contribution in [0.1, 0.15) is 11.1 Å². The average Bonchev–Trinajstić information content (AvgIpc) is 3.25. The van der Waals surface area contributed by atoms with E-state index in [0.717, 1.165) is 11.1 Å².